The normalized spacial score (nSPS) is 11.1. The maximum atomic E-state index is 2.44. The molecule has 0 atom stereocenters. The third kappa shape index (κ3) is 5.77. The molecule has 0 unspecified atom stereocenters. The Labute approximate surface area is 305 Å². The van der Waals surface area contributed by atoms with Crippen molar-refractivity contribution in [2.45, 2.75) is 0 Å². The number of nitrogens with zero attached hydrogens (tertiary/aromatic N) is 2. The van der Waals surface area contributed by atoms with Crippen LogP contribution in [0.3, 0.4) is 0 Å². The lowest BCUT2D eigenvalue weighted by molar-refractivity contribution is 1.28. The van der Waals surface area contributed by atoms with Gasteiger partial charge in [0.15, 0.2) is 0 Å². The minimum absolute atomic E-state index is 1.10. The number of rotatable bonds is 8. The minimum Gasteiger partial charge on any atom is -0.311 e. The van der Waals surface area contributed by atoms with Crippen molar-refractivity contribution >= 4 is 55.7 Å². The van der Waals surface area contributed by atoms with Gasteiger partial charge in [0.2, 0.25) is 0 Å². The summed E-state index contributed by atoms with van der Waals surface area (Å²) in [6, 6.07) is 78.3. The molecule has 52 heavy (non-hydrogen) atoms. The fraction of sp³-hybridized carbons (Fsp3) is 0. The van der Waals surface area contributed by atoms with E-state index in [-0.39, 0.29) is 0 Å². The Morgan fingerprint density at radius 3 is 1.37 bits per heavy atom. The van der Waals surface area contributed by atoms with Crippen molar-refractivity contribution in [2.24, 2.45) is 0 Å². The highest BCUT2D eigenvalue weighted by Crippen LogP contribution is 2.48. The van der Waals surface area contributed by atoms with E-state index in [9.17, 15) is 0 Å². The van der Waals surface area contributed by atoms with E-state index in [2.05, 4.69) is 228 Å². The summed E-state index contributed by atoms with van der Waals surface area (Å²) in [5.74, 6) is 0. The molecule has 0 radical (unpaired) electrons. The highest BCUT2D eigenvalue weighted by molar-refractivity contribution is 6.11. The predicted octanol–water partition coefficient (Wildman–Crippen LogP) is 14.3. The molecule has 0 saturated heterocycles. The van der Waals surface area contributed by atoms with Gasteiger partial charge in [-0.1, -0.05) is 158 Å². The van der Waals surface area contributed by atoms with Crippen LogP contribution in [0.2, 0.25) is 0 Å². The Bertz CT molecular complexity index is 2570. The topological polar surface area (TPSA) is 6.48 Å². The van der Waals surface area contributed by atoms with E-state index >= 15 is 0 Å². The molecule has 9 rings (SSSR count). The molecule has 0 fully saturated rings. The largest absolute Gasteiger partial charge is 0.311 e. The van der Waals surface area contributed by atoms with Gasteiger partial charge in [0.1, 0.15) is 0 Å². The van der Waals surface area contributed by atoms with Crippen LogP contribution in [-0.4, -0.2) is 0 Å². The summed E-state index contributed by atoms with van der Waals surface area (Å²) >= 11 is 0. The van der Waals surface area contributed by atoms with Gasteiger partial charge in [-0.15, -0.1) is 0 Å². The van der Waals surface area contributed by atoms with Gasteiger partial charge in [0, 0.05) is 33.9 Å². The smallest absolute Gasteiger partial charge is 0.0546 e. The minimum atomic E-state index is 1.10. The fourth-order valence-corrected chi connectivity index (χ4v) is 7.46. The third-order valence-electron chi connectivity index (χ3n) is 9.83. The monoisotopic (exact) mass is 664 g/mol. The first-order valence-corrected chi connectivity index (χ1v) is 17.8. The van der Waals surface area contributed by atoms with E-state index in [0.717, 1.165) is 45.3 Å². The number of hydrogen-bond donors (Lipinski definition) is 0. The molecule has 9 aromatic carbocycles. The molecule has 0 N–H and O–H groups in total. The number of fused-ring (bicyclic) bond motifs is 2. The summed E-state index contributed by atoms with van der Waals surface area (Å²) in [7, 11) is 0. The molecule has 0 saturated carbocycles. The van der Waals surface area contributed by atoms with Gasteiger partial charge in [-0.05, 0) is 93.3 Å². The molecule has 0 aliphatic heterocycles. The average molecular weight is 665 g/mol. The first kappa shape index (κ1) is 31.1. The summed E-state index contributed by atoms with van der Waals surface area (Å²) in [6.07, 6.45) is 0. The van der Waals surface area contributed by atoms with Gasteiger partial charge < -0.3 is 9.80 Å². The van der Waals surface area contributed by atoms with Crippen molar-refractivity contribution in [1.29, 1.82) is 0 Å². The van der Waals surface area contributed by atoms with Crippen LogP contribution < -0.4 is 9.80 Å². The summed E-state index contributed by atoms with van der Waals surface area (Å²) in [6.45, 7) is 0. The standard InChI is InChI=1S/C50H36N2/c1-4-20-40(21-5-1)51(41-22-6-2-7-23-41)43-34-31-39(32-35-43)45-27-14-15-30-48(45)52(42-24-8-3-9-25-42)49-36-33-38-18-11-13-28-46(38)50(49)47-29-16-19-37-17-10-12-26-44(37)47/h1-36H. The van der Waals surface area contributed by atoms with Crippen molar-refractivity contribution in [3.8, 4) is 22.3 Å². The van der Waals surface area contributed by atoms with E-state index in [0.29, 0.717) is 0 Å². The number of anilines is 6. The van der Waals surface area contributed by atoms with Crippen LogP contribution in [0.1, 0.15) is 0 Å². The van der Waals surface area contributed by atoms with Crippen molar-refractivity contribution < 1.29 is 0 Å². The highest BCUT2D eigenvalue weighted by atomic mass is 15.2. The Morgan fingerprint density at radius 1 is 0.250 bits per heavy atom. The lowest BCUT2D eigenvalue weighted by Crippen LogP contribution is -2.13. The molecule has 0 amide bonds. The van der Waals surface area contributed by atoms with Crippen molar-refractivity contribution in [1.82, 2.24) is 0 Å². The molecule has 0 spiro atoms. The average Bonchev–Trinajstić information content (AvgIpc) is 3.22. The summed E-state index contributed by atoms with van der Waals surface area (Å²) in [5, 5.41) is 4.90. The Hall–Kier alpha value is -6.90. The number of benzene rings is 9. The molecular formula is C50H36N2. The van der Waals surface area contributed by atoms with E-state index in [1.54, 1.807) is 0 Å². The maximum absolute atomic E-state index is 2.44. The maximum Gasteiger partial charge on any atom is 0.0546 e. The van der Waals surface area contributed by atoms with E-state index < -0.39 is 0 Å². The van der Waals surface area contributed by atoms with Crippen LogP contribution in [0, 0.1) is 0 Å². The van der Waals surface area contributed by atoms with E-state index in [1.807, 2.05) is 0 Å². The zero-order valence-corrected chi connectivity index (χ0v) is 28.7. The molecule has 0 aliphatic rings. The molecule has 9 aromatic rings. The summed E-state index contributed by atoms with van der Waals surface area (Å²) in [5.41, 5.74) is 11.4. The van der Waals surface area contributed by atoms with Crippen LogP contribution in [0.5, 0.6) is 0 Å². The molecule has 0 aromatic heterocycles. The molecule has 0 bridgehead atoms. The second-order valence-corrected chi connectivity index (χ2v) is 12.9. The first-order chi connectivity index (χ1) is 25.8. The van der Waals surface area contributed by atoms with Crippen molar-refractivity contribution in [2.75, 3.05) is 9.80 Å². The van der Waals surface area contributed by atoms with E-state index in [1.165, 1.54) is 32.7 Å². The summed E-state index contributed by atoms with van der Waals surface area (Å²) < 4.78 is 0. The predicted molar refractivity (Wildman–Crippen MR) is 222 cm³/mol. The van der Waals surface area contributed by atoms with Crippen LogP contribution >= 0.6 is 0 Å². The Morgan fingerprint density at radius 2 is 0.712 bits per heavy atom. The van der Waals surface area contributed by atoms with E-state index in [4.69, 9.17) is 0 Å². The Kier molecular flexibility index (Phi) is 8.24. The van der Waals surface area contributed by atoms with Gasteiger partial charge in [0.25, 0.3) is 0 Å². The van der Waals surface area contributed by atoms with Crippen LogP contribution in [0.15, 0.2) is 218 Å². The molecule has 0 aliphatic carbocycles. The van der Waals surface area contributed by atoms with Crippen LogP contribution in [0.4, 0.5) is 34.1 Å². The van der Waals surface area contributed by atoms with Gasteiger partial charge in [0.05, 0.1) is 11.4 Å². The quantitative estimate of drug-likeness (QED) is 0.159. The summed E-state index contributed by atoms with van der Waals surface area (Å²) in [4.78, 5) is 4.74. The molecule has 2 heteroatoms. The van der Waals surface area contributed by atoms with Gasteiger partial charge in [-0.25, -0.2) is 0 Å². The third-order valence-corrected chi connectivity index (χ3v) is 9.83. The zero-order valence-electron chi connectivity index (χ0n) is 28.7. The molecule has 0 heterocycles. The van der Waals surface area contributed by atoms with Crippen LogP contribution in [0.25, 0.3) is 43.8 Å². The second kappa shape index (κ2) is 13.8. The van der Waals surface area contributed by atoms with Gasteiger partial charge in [-0.3, -0.25) is 0 Å². The highest BCUT2D eigenvalue weighted by Gasteiger charge is 2.23. The van der Waals surface area contributed by atoms with Crippen LogP contribution in [-0.2, 0) is 0 Å². The molecule has 2 nitrogen and oxygen atoms in total. The zero-order chi connectivity index (χ0) is 34.7. The SMILES string of the molecule is c1ccc(N(c2ccccc2)c2ccc(-c3ccccc3N(c3ccccc3)c3ccc4ccccc4c3-c3cccc4ccccc34)cc2)cc1. The number of hydrogen-bond acceptors (Lipinski definition) is 2. The fourth-order valence-electron chi connectivity index (χ4n) is 7.46. The number of para-hydroxylation sites is 4. The molecular weight excluding hydrogens is 629 g/mol. The van der Waals surface area contributed by atoms with Crippen molar-refractivity contribution in [3.05, 3.63) is 218 Å². The Balaban J connectivity index is 1.24. The molecule has 246 valence electrons. The lowest BCUT2D eigenvalue weighted by Gasteiger charge is -2.31. The van der Waals surface area contributed by atoms with Gasteiger partial charge >= 0.3 is 0 Å². The first-order valence-electron chi connectivity index (χ1n) is 17.8. The van der Waals surface area contributed by atoms with Gasteiger partial charge in [-0.2, -0.15) is 0 Å². The lowest BCUT2D eigenvalue weighted by atomic mass is 9.91. The van der Waals surface area contributed by atoms with Crippen molar-refractivity contribution in [3.63, 3.8) is 0 Å². The second-order valence-electron chi connectivity index (χ2n) is 12.9.